The molecule has 0 amide bonds. The molecule has 1 N–H and O–H groups in total. The van der Waals surface area contributed by atoms with E-state index in [0.717, 1.165) is 32.7 Å². The molecule has 0 bridgehead atoms. The number of hydrogen-bond acceptors (Lipinski definition) is 2. The van der Waals surface area contributed by atoms with E-state index in [-0.39, 0.29) is 0 Å². The van der Waals surface area contributed by atoms with Crippen LogP contribution in [0.5, 0.6) is 0 Å². The number of benzene rings is 1. The zero-order valence-corrected chi connectivity index (χ0v) is 10.1. The maximum Gasteiger partial charge on any atom is 0.0720 e. The fraction of sp³-hybridized carbons (Fsp3) is 0.500. The summed E-state index contributed by atoms with van der Waals surface area (Å²) in [6, 6.07) is 4.35. The molecule has 1 aromatic rings. The Balaban J connectivity index is 2.19. The summed E-state index contributed by atoms with van der Waals surface area (Å²) in [6.45, 7) is 3.78. The van der Waals surface area contributed by atoms with E-state index in [1.54, 1.807) is 5.56 Å². The van der Waals surface area contributed by atoms with Crippen molar-refractivity contribution in [2.24, 2.45) is 0 Å². The summed E-state index contributed by atoms with van der Waals surface area (Å²) in [5.74, 6) is 0.545. The maximum atomic E-state index is 5.63. The summed E-state index contributed by atoms with van der Waals surface area (Å²) < 4.78 is 6.89. The van der Waals surface area contributed by atoms with Crippen molar-refractivity contribution in [1.29, 1.82) is 0 Å². The molecule has 0 spiro atoms. The van der Waals surface area contributed by atoms with Gasteiger partial charge in [-0.25, -0.2) is 0 Å². The molecule has 2 heterocycles. The van der Waals surface area contributed by atoms with Crippen molar-refractivity contribution in [2.45, 2.75) is 18.9 Å². The lowest BCUT2D eigenvalue weighted by Crippen LogP contribution is -2.26. The monoisotopic (exact) mass is 267 g/mol. The normalized spacial score (nSPS) is 24.5. The molecule has 1 atom stereocenters. The molecule has 15 heavy (non-hydrogen) atoms. The first kappa shape index (κ1) is 9.82. The highest BCUT2D eigenvalue weighted by Crippen LogP contribution is 2.35. The van der Waals surface area contributed by atoms with Gasteiger partial charge in [0, 0.05) is 16.9 Å². The summed E-state index contributed by atoms with van der Waals surface area (Å²) in [5.41, 5.74) is 4.42. The molecular weight excluding hydrogens is 254 g/mol. The van der Waals surface area contributed by atoms with Gasteiger partial charge in [-0.05, 0) is 35.7 Å². The third-order valence-corrected chi connectivity index (χ3v) is 4.06. The largest absolute Gasteiger partial charge is 0.376 e. The summed E-state index contributed by atoms with van der Waals surface area (Å²) >= 11 is 3.66. The molecule has 3 heteroatoms. The number of rotatable bonds is 0. The molecule has 0 aromatic heterocycles. The van der Waals surface area contributed by atoms with E-state index >= 15 is 0 Å². The van der Waals surface area contributed by atoms with Gasteiger partial charge in [0.2, 0.25) is 0 Å². The molecule has 1 unspecified atom stereocenters. The Bertz CT molecular complexity index is 391. The first-order chi connectivity index (χ1) is 7.36. The summed E-state index contributed by atoms with van der Waals surface area (Å²) in [7, 11) is 0. The zero-order chi connectivity index (χ0) is 10.3. The van der Waals surface area contributed by atoms with Gasteiger partial charge in [-0.1, -0.05) is 22.0 Å². The third-order valence-electron chi connectivity index (χ3n) is 3.32. The van der Waals surface area contributed by atoms with Gasteiger partial charge < -0.3 is 10.1 Å². The first-order valence-electron chi connectivity index (χ1n) is 5.45. The fourth-order valence-corrected chi connectivity index (χ4v) is 3.16. The van der Waals surface area contributed by atoms with Crippen LogP contribution in [0.15, 0.2) is 16.6 Å². The second kappa shape index (κ2) is 3.89. The van der Waals surface area contributed by atoms with Crippen molar-refractivity contribution in [2.75, 3.05) is 19.7 Å². The topological polar surface area (TPSA) is 21.3 Å². The van der Waals surface area contributed by atoms with E-state index in [9.17, 15) is 0 Å². The van der Waals surface area contributed by atoms with Crippen LogP contribution in [0.1, 0.15) is 22.6 Å². The highest BCUT2D eigenvalue weighted by molar-refractivity contribution is 9.10. The van der Waals surface area contributed by atoms with Crippen molar-refractivity contribution in [1.82, 2.24) is 5.32 Å². The quantitative estimate of drug-likeness (QED) is 0.779. The Morgan fingerprint density at radius 1 is 1.40 bits per heavy atom. The Morgan fingerprint density at radius 2 is 2.33 bits per heavy atom. The minimum atomic E-state index is 0.545. The van der Waals surface area contributed by atoms with Crippen LogP contribution in [0.25, 0.3) is 0 Å². The molecule has 3 rings (SSSR count). The molecule has 0 radical (unpaired) electrons. The SMILES string of the molecule is Brc1ccc2c3c1CCNCC3COC2. The molecule has 80 valence electrons. The Morgan fingerprint density at radius 3 is 3.27 bits per heavy atom. The van der Waals surface area contributed by atoms with Crippen LogP contribution in [-0.2, 0) is 17.8 Å². The highest BCUT2D eigenvalue weighted by atomic mass is 79.9. The van der Waals surface area contributed by atoms with Gasteiger partial charge in [-0.15, -0.1) is 0 Å². The van der Waals surface area contributed by atoms with Gasteiger partial charge in [-0.2, -0.15) is 0 Å². The highest BCUT2D eigenvalue weighted by Gasteiger charge is 2.26. The van der Waals surface area contributed by atoms with E-state index in [1.165, 1.54) is 15.6 Å². The van der Waals surface area contributed by atoms with Crippen molar-refractivity contribution in [3.63, 3.8) is 0 Å². The number of nitrogens with one attached hydrogen (secondary N) is 1. The van der Waals surface area contributed by atoms with Crippen LogP contribution in [-0.4, -0.2) is 19.7 Å². The van der Waals surface area contributed by atoms with E-state index in [2.05, 4.69) is 33.4 Å². The minimum absolute atomic E-state index is 0.545. The van der Waals surface area contributed by atoms with Crippen molar-refractivity contribution < 1.29 is 4.74 Å². The van der Waals surface area contributed by atoms with Gasteiger partial charge in [-0.3, -0.25) is 0 Å². The molecule has 0 saturated carbocycles. The average molecular weight is 268 g/mol. The second-order valence-corrected chi connectivity index (χ2v) is 5.12. The first-order valence-corrected chi connectivity index (χ1v) is 6.24. The van der Waals surface area contributed by atoms with Crippen molar-refractivity contribution >= 4 is 15.9 Å². The molecule has 0 fully saturated rings. The van der Waals surface area contributed by atoms with Gasteiger partial charge in [0.25, 0.3) is 0 Å². The van der Waals surface area contributed by atoms with E-state index in [4.69, 9.17) is 4.74 Å². The molecule has 2 aliphatic heterocycles. The molecule has 0 aliphatic carbocycles. The number of halogens is 1. The lowest BCUT2D eigenvalue weighted by Gasteiger charge is -2.26. The minimum Gasteiger partial charge on any atom is -0.376 e. The summed E-state index contributed by atoms with van der Waals surface area (Å²) in [5, 5.41) is 3.48. The smallest absolute Gasteiger partial charge is 0.0720 e. The van der Waals surface area contributed by atoms with Crippen LogP contribution in [0.4, 0.5) is 0 Å². The standard InChI is InChI=1S/C12H14BrNO/c13-11-2-1-8-6-15-7-9-5-14-4-3-10(11)12(8)9/h1-2,9,14H,3-7H2. The summed E-state index contributed by atoms with van der Waals surface area (Å²) in [4.78, 5) is 0. The van der Waals surface area contributed by atoms with Crippen molar-refractivity contribution in [3.05, 3.63) is 33.3 Å². The van der Waals surface area contributed by atoms with Crippen LogP contribution in [0.2, 0.25) is 0 Å². The fourth-order valence-electron chi connectivity index (χ4n) is 2.62. The lowest BCUT2D eigenvalue weighted by molar-refractivity contribution is 0.0912. The Hall–Kier alpha value is -0.380. The zero-order valence-electron chi connectivity index (χ0n) is 8.55. The molecule has 2 aliphatic rings. The van der Waals surface area contributed by atoms with E-state index < -0.39 is 0 Å². The molecule has 0 saturated heterocycles. The predicted octanol–water partition coefficient (Wildman–Crippen LogP) is 2.21. The van der Waals surface area contributed by atoms with Gasteiger partial charge in [0.05, 0.1) is 13.2 Å². The van der Waals surface area contributed by atoms with E-state index in [0.29, 0.717) is 5.92 Å². The van der Waals surface area contributed by atoms with Crippen LogP contribution < -0.4 is 5.32 Å². The van der Waals surface area contributed by atoms with Crippen molar-refractivity contribution in [3.8, 4) is 0 Å². The Kier molecular flexibility index (Phi) is 2.54. The molecule has 1 aromatic carbocycles. The predicted molar refractivity (Wildman–Crippen MR) is 63.1 cm³/mol. The average Bonchev–Trinajstić information content (AvgIpc) is 2.48. The lowest BCUT2D eigenvalue weighted by atomic mass is 9.88. The Labute approximate surface area is 98.1 Å². The second-order valence-electron chi connectivity index (χ2n) is 4.26. The number of ether oxygens (including phenoxy) is 1. The number of hydrogen-bond donors (Lipinski definition) is 1. The summed E-state index contributed by atoms with van der Waals surface area (Å²) in [6.07, 6.45) is 1.13. The third kappa shape index (κ3) is 1.63. The van der Waals surface area contributed by atoms with Gasteiger partial charge in [0.1, 0.15) is 0 Å². The van der Waals surface area contributed by atoms with E-state index in [1.807, 2.05) is 0 Å². The van der Waals surface area contributed by atoms with Crippen LogP contribution in [0, 0.1) is 0 Å². The van der Waals surface area contributed by atoms with Gasteiger partial charge >= 0.3 is 0 Å². The molecule has 2 nitrogen and oxygen atoms in total. The van der Waals surface area contributed by atoms with Gasteiger partial charge in [0.15, 0.2) is 0 Å². The van der Waals surface area contributed by atoms with Crippen LogP contribution >= 0.6 is 15.9 Å². The molecular formula is C12H14BrNO. The van der Waals surface area contributed by atoms with Crippen LogP contribution in [0.3, 0.4) is 0 Å². The maximum absolute atomic E-state index is 5.63.